The quantitative estimate of drug-likeness (QED) is 0.477. The summed E-state index contributed by atoms with van der Waals surface area (Å²) < 4.78 is 48.7. The van der Waals surface area contributed by atoms with E-state index in [0.29, 0.717) is 25.3 Å². The van der Waals surface area contributed by atoms with Crippen molar-refractivity contribution in [2.24, 2.45) is 0 Å². The van der Waals surface area contributed by atoms with Crippen molar-refractivity contribution >= 4 is 15.8 Å². The Morgan fingerprint density at radius 3 is 2.41 bits per heavy atom. The molecule has 1 aliphatic heterocycles. The van der Waals surface area contributed by atoms with E-state index < -0.39 is 15.6 Å². The Kier molecular flexibility index (Phi) is 6.83. The van der Waals surface area contributed by atoms with Crippen LogP contribution in [0.3, 0.4) is 0 Å². The molecule has 0 radical (unpaired) electrons. The lowest BCUT2D eigenvalue weighted by atomic mass is 10.1. The van der Waals surface area contributed by atoms with Crippen LogP contribution in [0, 0.1) is 19.7 Å². The monoisotopic (exact) mass is 487 g/mol. The fourth-order valence-electron chi connectivity index (χ4n) is 4.06. The first-order chi connectivity index (χ1) is 16.2. The van der Waals surface area contributed by atoms with Crippen LogP contribution in [0.2, 0.25) is 0 Å². The minimum atomic E-state index is -3.80. The number of carbonyl (C=O) groups excluding carboxylic acids is 1. The summed E-state index contributed by atoms with van der Waals surface area (Å²) in [4.78, 5) is 25.5. The van der Waals surface area contributed by atoms with E-state index in [1.54, 1.807) is 18.2 Å². The van der Waals surface area contributed by atoms with Crippen LogP contribution in [0.5, 0.6) is 0 Å². The molecule has 1 saturated heterocycles. The molecule has 1 aromatic carbocycles. The number of morpholine rings is 1. The molecule has 0 N–H and O–H groups in total. The number of Topliss-reactive ketones (excluding diaryl/α,β-unsaturated/α-hetero) is 1. The molecule has 2 aromatic heterocycles. The van der Waals surface area contributed by atoms with Gasteiger partial charge in [-0.25, -0.2) is 12.8 Å². The predicted octanol–water partition coefficient (Wildman–Crippen LogP) is 2.36. The van der Waals surface area contributed by atoms with Crippen molar-refractivity contribution in [3.8, 4) is 0 Å². The molecule has 10 heteroatoms. The molecule has 0 bridgehead atoms. The number of ketones is 1. The summed E-state index contributed by atoms with van der Waals surface area (Å²) in [5, 5.41) is 0. The molecule has 1 fully saturated rings. The van der Waals surface area contributed by atoms with Crippen molar-refractivity contribution in [2.45, 2.75) is 31.8 Å². The van der Waals surface area contributed by atoms with Crippen molar-refractivity contribution in [1.82, 2.24) is 13.4 Å². The number of sulfonamides is 1. The molecule has 0 atom stereocenters. The Balaban J connectivity index is 1.58. The Morgan fingerprint density at radius 2 is 1.74 bits per heavy atom. The number of rotatable bonds is 7. The SMILES string of the molecule is Cc1cc(C(=O)Cn2cc(S(=O)(=O)N3CCOCC3)ccc2=O)c(C)n1Cc1ccc(F)cc1. The molecule has 0 saturated carbocycles. The molecular formula is C24H26FN3O5S. The van der Waals surface area contributed by atoms with E-state index in [1.807, 2.05) is 18.4 Å². The molecule has 4 rings (SSSR count). The van der Waals surface area contributed by atoms with Crippen LogP contribution in [-0.2, 0) is 27.8 Å². The number of ether oxygens (including phenoxy) is 1. The third-order valence-electron chi connectivity index (χ3n) is 6.01. The zero-order valence-corrected chi connectivity index (χ0v) is 19.8. The van der Waals surface area contributed by atoms with Crippen LogP contribution in [0.1, 0.15) is 27.3 Å². The molecular weight excluding hydrogens is 461 g/mol. The number of nitrogens with zero attached hydrogens (tertiary/aromatic N) is 3. The zero-order valence-electron chi connectivity index (χ0n) is 19.0. The maximum absolute atomic E-state index is 13.2. The van der Waals surface area contributed by atoms with Crippen LogP contribution < -0.4 is 5.56 Å². The molecule has 34 heavy (non-hydrogen) atoms. The van der Waals surface area contributed by atoms with Gasteiger partial charge in [0.1, 0.15) is 5.82 Å². The van der Waals surface area contributed by atoms with E-state index in [0.717, 1.165) is 21.5 Å². The summed E-state index contributed by atoms with van der Waals surface area (Å²) in [5.74, 6) is -0.620. The van der Waals surface area contributed by atoms with Gasteiger partial charge in [-0.15, -0.1) is 0 Å². The maximum atomic E-state index is 13.2. The summed E-state index contributed by atoms with van der Waals surface area (Å²) in [5.41, 5.74) is 2.44. The maximum Gasteiger partial charge on any atom is 0.251 e. The second-order valence-corrected chi connectivity index (χ2v) is 10.2. The first-order valence-electron chi connectivity index (χ1n) is 10.9. The highest BCUT2D eigenvalue weighted by molar-refractivity contribution is 7.89. The molecule has 3 heterocycles. The van der Waals surface area contributed by atoms with Crippen LogP contribution in [0.4, 0.5) is 4.39 Å². The lowest BCUT2D eigenvalue weighted by Gasteiger charge is -2.26. The van der Waals surface area contributed by atoms with Crippen molar-refractivity contribution < 1.29 is 22.3 Å². The fourth-order valence-corrected chi connectivity index (χ4v) is 5.49. The van der Waals surface area contributed by atoms with Gasteiger partial charge in [-0.1, -0.05) is 12.1 Å². The molecule has 8 nitrogen and oxygen atoms in total. The number of aryl methyl sites for hydroxylation is 1. The van der Waals surface area contributed by atoms with Crippen LogP contribution in [-0.4, -0.2) is 53.9 Å². The Bertz CT molecular complexity index is 1370. The summed E-state index contributed by atoms with van der Waals surface area (Å²) in [7, 11) is -3.80. The Labute approximate surface area is 197 Å². The minimum absolute atomic E-state index is 0.0383. The molecule has 0 amide bonds. The highest BCUT2D eigenvalue weighted by Crippen LogP contribution is 2.20. The lowest BCUT2D eigenvalue weighted by molar-refractivity contribution is 0.0730. The van der Waals surface area contributed by atoms with Gasteiger partial charge in [-0.2, -0.15) is 4.31 Å². The van der Waals surface area contributed by atoms with Gasteiger partial charge in [-0.05, 0) is 43.7 Å². The van der Waals surface area contributed by atoms with Gasteiger partial charge in [-0.3, -0.25) is 9.59 Å². The van der Waals surface area contributed by atoms with E-state index in [-0.39, 0.29) is 36.1 Å². The fraction of sp³-hybridized carbons (Fsp3) is 0.333. The average molecular weight is 488 g/mol. The second kappa shape index (κ2) is 9.65. The molecule has 180 valence electrons. The lowest BCUT2D eigenvalue weighted by Crippen LogP contribution is -2.41. The molecule has 3 aromatic rings. The van der Waals surface area contributed by atoms with E-state index in [2.05, 4.69) is 0 Å². The average Bonchev–Trinajstić information content (AvgIpc) is 3.10. The summed E-state index contributed by atoms with van der Waals surface area (Å²) in [6, 6.07) is 10.3. The summed E-state index contributed by atoms with van der Waals surface area (Å²) >= 11 is 0. The Morgan fingerprint density at radius 1 is 1.06 bits per heavy atom. The van der Waals surface area contributed by atoms with E-state index in [1.165, 1.54) is 34.8 Å². The van der Waals surface area contributed by atoms with Crippen LogP contribution in [0.25, 0.3) is 0 Å². The number of hydrogen-bond donors (Lipinski definition) is 0. The number of halogens is 1. The third-order valence-corrected chi connectivity index (χ3v) is 7.89. The molecule has 0 spiro atoms. The number of benzene rings is 1. The van der Waals surface area contributed by atoms with Gasteiger partial charge in [0, 0.05) is 48.8 Å². The summed E-state index contributed by atoms with van der Waals surface area (Å²) in [6.45, 7) is 4.96. The molecule has 0 unspecified atom stereocenters. The van der Waals surface area contributed by atoms with E-state index in [4.69, 9.17) is 4.74 Å². The van der Waals surface area contributed by atoms with E-state index >= 15 is 0 Å². The highest BCUT2D eigenvalue weighted by Gasteiger charge is 2.27. The molecule has 1 aliphatic rings. The van der Waals surface area contributed by atoms with E-state index in [9.17, 15) is 22.4 Å². The van der Waals surface area contributed by atoms with Gasteiger partial charge in [0.05, 0.1) is 24.7 Å². The van der Waals surface area contributed by atoms with Crippen molar-refractivity contribution in [3.63, 3.8) is 0 Å². The number of hydrogen-bond acceptors (Lipinski definition) is 5. The first kappa shape index (κ1) is 24.1. The van der Waals surface area contributed by atoms with Crippen molar-refractivity contribution in [1.29, 1.82) is 0 Å². The van der Waals surface area contributed by atoms with Gasteiger partial charge < -0.3 is 13.9 Å². The number of carbonyl (C=O) groups is 1. The van der Waals surface area contributed by atoms with Crippen molar-refractivity contribution in [2.75, 3.05) is 26.3 Å². The Hall–Kier alpha value is -3.08. The minimum Gasteiger partial charge on any atom is -0.379 e. The third kappa shape index (κ3) is 4.89. The predicted molar refractivity (Wildman–Crippen MR) is 124 cm³/mol. The standard InChI is InChI=1S/C24H26FN3O5S/c1-17-13-22(18(2)28(17)14-19-3-5-20(25)6-4-19)23(29)16-26-15-21(7-8-24(26)30)34(31,32)27-9-11-33-12-10-27/h3-8,13,15H,9-12,14,16H2,1-2H3. The van der Waals surface area contributed by atoms with Gasteiger partial charge in [0.15, 0.2) is 5.78 Å². The van der Waals surface area contributed by atoms with Crippen LogP contribution >= 0.6 is 0 Å². The topological polar surface area (TPSA) is 90.6 Å². The van der Waals surface area contributed by atoms with Gasteiger partial charge in [0.2, 0.25) is 10.0 Å². The van der Waals surface area contributed by atoms with Crippen molar-refractivity contribution in [3.05, 3.63) is 87.3 Å². The zero-order chi connectivity index (χ0) is 24.5. The normalized spacial score (nSPS) is 14.9. The first-order valence-corrected chi connectivity index (χ1v) is 12.3. The second-order valence-electron chi connectivity index (χ2n) is 8.27. The number of pyridine rings is 1. The number of aromatic nitrogens is 2. The molecule has 0 aliphatic carbocycles. The smallest absolute Gasteiger partial charge is 0.251 e. The van der Waals surface area contributed by atoms with Gasteiger partial charge in [0.25, 0.3) is 5.56 Å². The highest BCUT2D eigenvalue weighted by atomic mass is 32.2. The van der Waals surface area contributed by atoms with Crippen LogP contribution in [0.15, 0.2) is 58.4 Å². The largest absolute Gasteiger partial charge is 0.379 e. The van der Waals surface area contributed by atoms with Gasteiger partial charge >= 0.3 is 0 Å². The summed E-state index contributed by atoms with van der Waals surface area (Å²) in [6.07, 6.45) is 1.22.